The summed E-state index contributed by atoms with van der Waals surface area (Å²) in [6.07, 6.45) is 2.30. The van der Waals surface area contributed by atoms with Crippen LogP contribution in [-0.4, -0.2) is 6.54 Å². The van der Waals surface area contributed by atoms with Crippen molar-refractivity contribution in [2.75, 3.05) is 6.54 Å². The van der Waals surface area contributed by atoms with Gasteiger partial charge in [0.15, 0.2) is 0 Å². The fourth-order valence-electron chi connectivity index (χ4n) is 2.85. The van der Waals surface area contributed by atoms with E-state index in [1.54, 1.807) is 11.3 Å². The van der Waals surface area contributed by atoms with Crippen molar-refractivity contribution in [1.29, 1.82) is 0 Å². The van der Waals surface area contributed by atoms with Crippen LogP contribution in [0.3, 0.4) is 0 Å². The summed E-state index contributed by atoms with van der Waals surface area (Å²) in [5, 5.41) is 3.70. The molecule has 106 valence electrons. The minimum absolute atomic E-state index is 0.374. The molecule has 0 aliphatic heterocycles. The van der Waals surface area contributed by atoms with Crippen molar-refractivity contribution < 1.29 is 0 Å². The highest BCUT2D eigenvalue weighted by atomic mass is 79.9. The number of thiophene rings is 1. The zero-order valence-corrected chi connectivity index (χ0v) is 14.5. The second-order valence-corrected chi connectivity index (χ2v) is 7.75. The number of halogens is 2. The molecule has 3 rings (SSSR count). The first kappa shape index (κ1) is 14.6. The first-order chi connectivity index (χ1) is 9.70. The summed E-state index contributed by atoms with van der Waals surface area (Å²) in [5.74, 6) is 0.569. The predicted molar refractivity (Wildman–Crippen MR) is 91.0 cm³/mol. The van der Waals surface area contributed by atoms with Gasteiger partial charge in [-0.05, 0) is 52.5 Å². The van der Waals surface area contributed by atoms with E-state index >= 15 is 0 Å². The summed E-state index contributed by atoms with van der Waals surface area (Å²) in [5.41, 5.74) is 2.98. The second-order valence-electron chi connectivity index (χ2n) is 5.21. The summed E-state index contributed by atoms with van der Waals surface area (Å²) in [6.45, 7) is 3.24. The molecule has 1 aromatic carbocycles. The largest absolute Gasteiger partial charge is 0.309 e. The fourth-order valence-corrected chi connectivity index (χ4v) is 4.73. The van der Waals surface area contributed by atoms with Crippen LogP contribution >= 0.6 is 38.9 Å². The minimum Gasteiger partial charge on any atom is -0.309 e. The Morgan fingerprint density at radius 1 is 1.45 bits per heavy atom. The number of hydrogen-bond acceptors (Lipinski definition) is 2. The van der Waals surface area contributed by atoms with Crippen molar-refractivity contribution in [2.24, 2.45) is 0 Å². The van der Waals surface area contributed by atoms with Crippen LogP contribution in [0.5, 0.6) is 0 Å². The normalized spacial score (nSPS) is 18.4. The average Bonchev–Trinajstić information content (AvgIpc) is 2.75. The van der Waals surface area contributed by atoms with Crippen molar-refractivity contribution in [1.82, 2.24) is 5.32 Å². The zero-order chi connectivity index (χ0) is 14.1. The molecule has 1 aliphatic carbocycles. The van der Waals surface area contributed by atoms with E-state index in [0.29, 0.717) is 12.0 Å². The summed E-state index contributed by atoms with van der Waals surface area (Å²) < 4.78 is 1.85. The maximum Gasteiger partial charge on any atom is 0.107 e. The van der Waals surface area contributed by atoms with Gasteiger partial charge in [-0.2, -0.15) is 0 Å². The number of fused-ring (bicyclic) bond motifs is 1. The Kier molecular flexibility index (Phi) is 4.51. The third kappa shape index (κ3) is 2.69. The van der Waals surface area contributed by atoms with Gasteiger partial charge in [0.2, 0.25) is 0 Å². The monoisotopic (exact) mass is 369 g/mol. The summed E-state index contributed by atoms with van der Waals surface area (Å²) in [4.78, 5) is 1.33. The second kappa shape index (κ2) is 6.18. The van der Waals surface area contributed by atoms with Crippen LogP contribution < -0.4 is 5.32 Å². The highest BCUT2D eigenvalue weighted by Crippen LogP contribution is 2.46. The molecule has 1 nitrogen and oxygen atoms in total. The zero-order valence-electron chi connectivity index (χ0n) is 11.3. The smallest absolute Gasteiger partial charge is 0.107 e. The summed E-state index contributed by atoms with van der Waals surface area (Å²) in [7, 11) is 0. The first-order valence-electron chi connectivity index (χ1n) is 6.96. The third-order valence-electron chi connectivity index (χ3n) is 3.88. The number of rotatable bonds is 5. The number of nitrogens with one attached hydrogen (secondary N) is 1. The lowest BCUT2D eigenvalue weighted by atomic mass is 9.73. The Morgan fingerprint density at radius 2 is 2.25 bits per heavy atom. The van der Waals surface area contributed by atoms with E-state index in [0.717, 1.165) is 28.2 Å². The third-order valence-corrected chi connectivity index (χ3v) is 6.44. The average molecular weight is 371 g/mol. The van der Waals surface area contributed by atoms with Gasteiger partial charge in [-0.1, -0.05) is 42.8 Å². The van der Waals surface area contributed by atoms with Gasteiger partial charge in [-0.25, -0.2) is 0 Å². The molecule has 1 aliphatic rings. The van der Waals surface area contributed by atoms with Crippen LogP contribution in [0.2, 0.25) is 4.34 Å². The molecule has 1 N–H and O–H groups in total. The van der Waals surface area contributed by atoms with Crippen molar-refractivity contribution in [3.8, 4) is 0 Å². The van der Waals surface area contributed by atoms with Gasteiger partial charge >= 0.3 is 0 Å². The minimum atomic E-state index is 0.374. The lowest BCUT2D eigenvalue weighted by Gasteiger charge is -2.36. The van der Waals surface area contributed by atoms with Crippen LogP contribution in [-0.2, 0) is 6.42 Å². The quantitative estimate of drug-likeness (QED) is 0.728. The first-order valence-corrected chi connectivity index (χ1v) is 8.95. The lowest BCUT2D eigenvalue weighted by molar-refractivity contribution is 0.417. The molecule has 4 heteroatoms. The molecule has 0 saturated heterocycles. The Hall–Kier alpha value is -0.350. The van der Waals surface area contributed by atoms with Gasteiger partial charge < -0.3 is 5.32 Å². The standard InChI is InChI=1S/C16H17BrClNS/c1-2-7-19-15(14-9-13(17)16(18)20-14)12-8-10-5-3-4-6-11(10)12/h3-6,9,12,15,19H,2,7-8H2,1H3. The molecule has 20 heavy (non-hydrogen) atoms. The van der Waals surface area contributed by atoms with Crippen molar-refractivity contribution in [2.45, 2.75) is 31.7 Å². The number of hydrogen-bond donors (Lipinski definition) is 1. The molecule has 0 spiro atoms. The van der Waals surface area contributed by atoms with E-state index in [1.165, 1.54) is 16.0 Å². The van der Waals surface area contributed by atoms with Crippen LogP contribution in [0.25, 0.3) is 0 Å². The maximum absolute atomic E-state index is 6.22. The molecular formula is C16H17BrClNS. The molecule has 2 aromatic rings. The predicted octanol–water partition coefficient (Wildman–Crippen LogP) is 5.54. The van der Waals surface area contributed by atoms with Gasteiger partial charge in [0.05, 0.1) is 0 Å². The Bertz CT molecular complexity index is 591. The summed E-state index contributed by atoms with van der Waals surface area (Å²) >= 11 is 11.4. The summed E-state index contributed by atoms with van der Waals surface area (Å²) in [6, 6.07) is 11.3. The van der Waals surface area contributed by atoms with E-state index < -0.39 is 0 Å². The van der Waals surface area contributed by atoms with E-state index in [9.17, 15) is 0 Å². The molecular weight excluding hydrogens is 354 g/mol. The van der Waals surface area contributed by atoms with Gasteiger partial charge in [0.1, 0.15) is 4.34 Å². The lowest BCUT2D eigenvalue weighted by Crippen LogP contribution is -2.33. The molecule has 1 aromatic heterocycles. The molecule has 0 saturated carbocycles. The van der Waals surface area contributed by atoms with Gasteiger partial charge in [0, 0.05) is 21.3 Å². The number of benzene rings is 1. The maximum atomic E-state index is 6.22. The van der Waals surface area contributed by atoms with Crippen LogP contribution in [0.15, 0.2) is 34.8 Å². The van der Waals surface area contributed by atoms with E-state index in [1.807, 2.05) is 0 Å². The van der Waals surface area contributed by atoms with Gasteiger partial charge in [-0.3, -0.25) is 0 Å². The van der Waals surface area contributed by atoms with Crippen molar-refractivity contribution in [3.63, 3.8) is 0 Å². The Labute approximate surface area is 137 Å². The highest BCUT2D eigenvalue weighted by molar-refractivity contribution is 9.10. The van der Waals surface area contributed by atoms with Crippen molar-refractivity contribution in [3.05, 3.63) is 55.1 Å². The Morgan fingerprint density at radius 3 is 2.90 bits per heavy atom. The molecule has 0 bridgehead atoms. The topological polar surface area (TPSA) is 12.0 Å². The molecule has 0 radical (unpaired) electrons. The molecule has 0 amide bonds. The van der Waals surface area contributed by atoms with Gasteiger partial charge in [0.25, 0.3) is 0 Å². The SMILES string of the molecule is CCCNC(c1cc(Br)c(Cl)s1)C1Cc2ccccc21. The Balaban J connectivity index is 1.88. The molecule has 2 atom stereocenters. The van der Waals surface area contributed by atoms with Crippen LogP contribution in [0.4, 0.5) is 0 Å². The molecule has 1 heterocycles. The van der Waals surface area contributed by atoms with Crippen LogP contribution in [0.1, 0.15) is 41.3 Å². The van der Waals surface area contributed by atoms with Crippen LogP contribution in [0, 0.1) is 0 Å². The molecule has 0 fully saturated rings. The highest BCUT2D eigenvalue weighted by Gasteiger charge is 2.34. The van der Waals surface area contributed by atoms with Gasteiger partial charge in [-0.15, -0.1) is 11.3 Å². The van der Waals surface area contributed by atoms with E-state index in [4.69, 9.17) is 11.6 Å². The van der Waals surface area contributed by atoms with E-state index in [2.05, 4.69) is 58.5 Å². The fraction of sp³-hybridized carbons (Fsp3) is 0.375. The molecule has 2 unspecified atom stereocenters. The van der Waals surface area contributed by atoms with E-state index in [-0.39, 0.29) is 0 Å². The van der Waals surface area contributed by atoms with Crippen molar-refractivity contribution >= 4 is 38.9 Å².